The molecule has 0 radical (unpaired) electrons. The number of methoxy groups -OCH3 is 2. The first kappa shape index (κ1) is 24.8. The third-order valence-electron chi connectivity index (χ3n) is 5.80. The second-order valence-electron chi connectivity index (χ2n) is 8.05. The van der Waals surface area contributed by atoms with E-state index in [4.69, 9.17) is 25.5 Å². The van der Waals surface area contributed by atoms with Crippen molar-refractivity contribution in [2.24, 2.45) is 0 Å². The van der Waals surface area contributed by atoms with Gasteiger partial charge < -0.3 is 24.5 Å². The summed E-state index contributed by atoms with van der Waals surface area (Å²) in [6.45, 7) is 1.82. The highest BCUT2D eigenvalue weighted by Crippen LogP contribution is 2.44. The van der Waals surface area contributed by atoms with Crippen LogP contribution in [0.25, 0.3) is 0 Å². The number of aryl methyl sites for hydroxylation is 1. The van der Waals surface area contributed by atoms with Gasteiger partial charge in [-0.25, -0.2) is 0 Å². The van der Waals surface area contributed by atoms with E-state index in [-0.39, 0.29) is 17.4 Å². The largest absolute Gasteiger partial charge is 0.495 e. The molecule has 2 N–H and O–H groups in total. The van der Waals surface area contributed by atoms with Crippen LogP contribution in [0.4, 0.5) is 5.69 Å². The van der Waals surface area contributed by atoms with E-state index in [0.717, 1.165) is 12.1 Å². The van der Waals surface area contributed by atoms with Crippen LogP contribution >= 0.6 is 23.4 Å². The van der Waals surface area contributed by atoms with E-state index in [2.05, 4.69) is 16.7 Å². The number of Topliss-reactive ketones (excluding diaryl/α,β-unsaturated/α-hetero) is 1. The van der Waals surface area contributed by atoms with Gasteiger partial charge in [0.1, 0.15) is 23.0 Å². The highest BCUT2D eigenvalue weighted by Gasteiger charge is 2.38. The minimum atomic E-state index is -0.594. The third kappa shape index (κ3) is 5.04. The Morgan fingerprint density at radius 2 is 2.06 bits per heavy atom. The number of nitriles is 1. The molecule has 35 heavy (non-hydrogen) atoms. The van der Waals surface area contributed by atoms with Crippen molar-refractivity contribution in [3.05, 3.63) is 62.7 Å². The zero-order valence-corrected chi connectivity index (χ0v) is 21.1. The molecule has 1 amide bonds. The van der Waals surface area contributed by atoms with Gasteiger partial charge in [-0.15, -0.1) is 0 Å². The summed E-state index contributed by atoms with van der Waals surface area (Å²) in [7, 11) is 2.96. The summed E-state index contributed by atoms with van der Waals surface area (Å²) in [5.41, 5.74) is 2.13. The molecule has 2 aliphatic rings. The molecule has 0 spiro atoms. The molecule has 0 unspecified atom stereocenters. The average Bonchev–Trinajstić information content (AvgIpc) is 3.28. The SMILES string of the molecule is COc1cc(NC(=O)CSC2=C(C#N)[C@H](c3ccc(C)o3)C3=C(CCCC3=O)N2)c(OC)cc1Cl. The number of furan rings is 1. The number of halogens is 1. The van der Waals surface area contributed by atoms with Crippen LogP contribution in [0.5, 0.6) is 11.5 Å². The van der Waals surface area contributed by atoms with E-state index in [0.29, 0.717) is 62.7 Å². The van der Waals surface area contributed by atoms with Crippen LogP contribution in [0.2, 0.25) is 5.02 Å². The quantitative estimate of drug-likeness (QED) is 0.528. The van der Waals surface area contributed by atoms with Crippen molar-refractivity contribution in [1.82, 2.24) is 5.32 Å². The first-order valence-corrected chi connectivity index (χ1v) is 12.3. The number of amides is 1. The van der Waals surface area contributed by atoms with E-state index in [9.17, 15) is 14.9 Å². The number of carbonyl (C=O) groups excluding carboxylic acids is 2. The lowest BCUT2D eigenvalue weighted by molar-refractivity contribution is -0.116. The first-order valence-electron chi connectivity index (χ1n) is 10.9. The van der Waals surface area contributed by atoms with Gasteiger partial charge in [0.15, 0.2) is 5.78 Å². The summed E-state index contributed by atoms with van der Waals surface area (Å²) in [4.78, 5) is 25.6. The number of thioether (sulfide) groups is 1. The molecule has 2 heterocycles. The summed E-state index contributed by atoms with van der Waals surface area (Å²) in [5.74, 6) is 1.16. The summed E-state index contributed by atoms with van der Waals surface area (Å²) < 4.78 is 16.4. The van der Waals surface area contributed by atoms with E-state index >= 15 is 0 Å². The normalized spacial score (nSPS) is 17.5. The molecule has 2 aromatic rings. The maximum Gasteiger partial charge on any atom is 0.234 e. The number of benzene rings is 1. The average molecular weight is 514 g/mol. The van der Waals surface area contributed by atoms with Gasteiger partial charge in [-0.1, -0.05) is 23.4 Å². The Labute approximate surface area is 212 Å². The maximum atomic E-state index is 12.8. The molecule has 0 saturated heterocycles. The van der Waals surface area contributed by atoms with Crippen molar-refractivity contribution >= 4 is 40.7 Å². The fourth-order valence-corrected chi connectivity index (χ4v) is 5.31. The predicted molar refractivity (Wildman–Crippen MR) is 133 cm³/mol. The molecule has 1 aliphatic carbocycles. The number of nitrogens with one attached hydrogen (secondary N) is 2. The molecule has 8 nitrogen and oxygen atoms in total. The summed E-state index contributed by atoms with van der Waals surface area (Å²) in [6.07, 6.45) is 1.85. The molecule has 182 valence electrons. The van der Waals surface area contributed by atoms with Gasteiger partial charge in [-0.2, -0.15) is 5.26 Å². The van der Waals surface area contributed by atoms with Crippen molar-refractivity contribution in [3.8, 4) is 17.6 Å². The fraction of sp³-hybridized carbons (Fsp3) is 0.320. The number of nitrogens with zero attached hydrogens (tertiary/aromatic N) is 1. The van der Waals surface area contributed by atoms with Gasteiger partial charge in [-0.05, 0) is 31.9 Å². The molecule has 1 atom stereocenters. The van der Waals surface area contributed by atoms with Crippen LogP contribution in [-0.2, 0) is 9.59 Å². The zero-order valence-electron chi connectivity index (χ0n) is 19.5. The molecular weight excluding hydrogens is 490 g/mol. The number of hydrogen-bond acceptors (Lipinski definition) is 8. The Morgan fingerprint density at radius 3 is 2.71 bits per heavy atom. The summed E-state index contributed by atoms with van der Waals surface area (Å²) >= 11 is 7.34. The molecule has 1 aliphatic heterocycles. The van der Waals surface area contributed by atoms with E-state index in [1.807, 2.05) is 13.0 Å². The number of carbonyl (C=O) groups is 2. The Kier molecular flexibility index (Phi) is 7.43. The Balaban J connectivity index is 1.58. The van der Waals surface area contributed by atoms with E-state index < -0.39 is 5.92 Å². The topological polar surface area (TPSA) is 114 Å². The minimum absolute atomic E-state index is 0.0103. The lowest BCUT2D eigenvalue weighted by atomic mass is 9.79. The Hall–Kier alpha value is -3.35. The van der Waals surface area contributed by atoms with Crippen LogP contribution in [0.3, 0.4) is 0 Å². The van der Waals surface area contributed by atoms with Gasteiger partial charge >= 0.3 is 0 Å². The van der Waals surface area contributed by atoms with Gasteiger partial charge in [-0.3, -0.25) is 9.59 Å². The van der Waals surface area contributed by atoms with Crippen LogP contribution in [0, 0.1) is 18.3 Å². The maximum absolute atomic E-state index is 12.8. The molecule has 0 bridgehead atoms. The summed E-state index contributed by atoms with van der Waals surface area (Å²) in [5, 5.41) is 17.0. The molecule has 10 heteroatoms. The number of anilines is 1. The highest BCUT2D eigenvalue weighted by atomic mass is 35.5. The number of allylic oxidation sites excluding steroid dienone is 3. The number of dihydropyridines is 1. The van der Waals surface area contributed by atoms with Crippen LogP contribution in [-0.4, -0.2) is 31.7 Å². The number of hydrogen-bond donors (Lipinski definition) is 2. The van der Waals surface area contributed by atoms with Crippen molar-refractivity contribution in [3.63, 3.8) is 0 Å². The highest BCUT2D eigenvalue weighted by molar-refractivity contribution is 8.03. The zero-order chi connectivity index (χ0) is 25.1. The number of rotatable bonds is 7. The molecule has 1 aromatic heterocycles. The third-order valence-corrected chi connectivity index (χ3v) is 7.12. The standard InChI is InChI=1S/C25H24ClN3O5S/c1-13-7-8-19(34-13)23-14(11-27)25(29-16-5-4-6-18(30)24(16)23)35-12-22(31)28-17-10-20(32-2)15(26)9-21(17)33-3/h7-10,23,29H,4-6,12H2,1-3H3,(H,28,31)/t23-/m1/s1. The monoisotopic (exact) mass is 513 g/mol. The van der Waals surface area contributed by atoms with Crippen molar-refractivity contribution < 1.29 is 23.5 Å². The Morgan fingerprint density at radius 1 is 1.29 bits per heavy atom. The van der Waals surface area contributed by atoms with Crippen molar-refractivity contribution in [2.45, 2.75) is 32.1 Å². The van der Waals surface area contributed by atoms with E-state index in [1.54, 1.807) is 18.2 Å². The smallest absolute Gasteiger partial charge is 0.234 e. The number of ketones is 1. The van der Waals surface area contributed by atoms with Gasteiger partial charge in [0.2, 0.25) is 5.91 Å². The lowest BCUT2D eigenvalue weighted by Crippen LogP contribution is -2.31. The van der Waals surface area contributed by atoms with Gasteiger partial charge in [0, 0.05) is 29.8 Å². The lowest BCUT2D eigenvalue weighted by Gasteiger charge is -2.32. The van der Waals surface area contributed by atoms with Crippen LogP contribution in [0.15, 0.2) is 50.6 Å². The fourth-order valence-electron chi connectivity index (χ4n) is 4.21. The van der Waals surface area contributed by atoms with Crippen LogP contribution < -0.4 is 20.1 Å². The molecule has 0 fully saturated rings. The second kappa shape index (κ2) is 10.5. The number of ether oxygens (including phenoxy) is 2. The van der Waals surface area contributed by atoms with Gasteiger partial charge in [0.05, 0.1) is 53.3 Å². The van der Waals surface area contributed by atoms with Crippen molar-refractivity contribution in [1.29, 1.82) is 5.26 Å². The molecule has 4 rings (SSSR count). The molecular formula is C25H24ClN3O5S. The predicted octanol–water partition coefficient (Wildman–Crippen LogP) is 5.06. The van der Waals surface area contributed by atoms with Gasteiger partial charge in [0.25, 0.3) is 0 Å². The van der Waals surface area contributed by atoms with E-state index in [1.165, 1.54) is 26.0 Å². The first-order chi connectivity index (χ1) is 16.9. The molecule has 1 aromatic carbocycles. The van der Waals surface area contributed by atoms with Crippen molar-refractivity contribution in [2.75, 3.05) is 25.3 Å². The molecule has 0 saturated carbocycles. The Bertz CT molecular complexity index is 1290. The minimum Gasteiger partial charge on any atom is -0.495 e. The van der Waals surface area contributed by atoms with Crippen LogP contribution in [0.1, 0.15) is 36.7 Å². The second-order valence-corrected chi connectivity index (χ2v) is 9.45. The summed E-state index contributed by atoms with van der Waals surface area (Å²) in [6, 6.07) is 9.00.